The van der Waals surface area contributed by atoms with Gasteiger partial charge in [-0.05, 0) is 31.4 Å². The van der Waals surface area contributed by atoms with Crippen LogP contribution in [-0.4, -0.2) is 24.3 Å². The molecule has 1 N–H and O–H groups in total. The number of benzene rings is 1. The Morgan fingerprint density at radius 2 is 2.10 bits per heavy atom. The van der Waals surface area contributed by atoms with E-state index in [1.807, 2.05) is 26.0 Å². The molecule has 0 amide bonds. The van der Waals surface area contributed by atoms with Gasteiger partial charge in [0.15, 0.2) is 11.5 Å². The van der Waals surface area contributed by atoms with E-state index in [9.17, 15) is 4.79 Å². The fourth-order valence-corrected chi connectivity index (χ4v) is 2.91. The number of methoxy groups -OCH3 is 1. The third-order valence-corrected chi connectivity index (χ3v) is 4.36. The van der Waals surface area contributed by atoms with Gasteiger partial charge in [-0.15, -0.1) is 0 Å². The number of halogens is 1. The Morgan fingerprint density at radius 3 is 2.57 bits per heavy atom. The number of carboxylic acids is 1. The molecule has 1 aliphatic carbocycles. The summed E-state index contributed by atoms with van der Waals surface area (Å²) in [6.45, 7) is 3.83. The lowest BCUT2D eigenvalue weighted by Gasteiger charge is -2.32. The van der Waals surface area contributed by atoms with Crippen LogP contribution in [0, 0.1) is 0 Å². The summed E-state index contributed by atoms with van der Waals surface area (Å²) in [5.74, 6) is 0.495. The largest absolute Gasteiger partial charge is 0.493 e. The molecule has 0 unspecified atom stereocenters. The van der Waals surface area contributed by atoms with E-state index >= 15 is 0 Å². The molecule has 0 aromatic heterocycles. The van der Waals surface area contributed by atoms with Gasteiger partial charge in [-0.25, -0.2) is 0 Å². The number of hydrogen-bond acceptors (Lipinski definition) is 3. The van der Waals surface area contributed by atoms with E-state index in [2.05, 4.69) is 15.9 Å². The maximum absolute atomic E-state index is 11.1. The van der Waals surface area contributed by atoms with Crippen LogP contribution in [0.1, 0.15) is 45.1 Å². The van der Waals surface area contributed by atoms with Gasteiger partial charge >= 0.3 is 5.97 Å². The molecule has 1 saturated carbocycles. The molecule has 5 heteroatoms. The molecule has 2 rings (SSSR count). The predicted octanol–water partition coefficient (Wildman–Crippen LogP) is 4.14. The molecule has 0 heterocycles. The maximum Gasteiger partial charge on any atom is 0.304 e. The first-order chi connectivity index (χ1) is 9.83. The Morgan fingerprint density at radius 1 is 1.43 bits per heavy atom. The molecule has 21 heavy (non-hydrogen) atoms. The van der Waals surface area contributed by atoms with E-state index in [1.165, 1.54) is 6.42 Å². The van der Waals surface area contributed by atoms with Crippen LogP contribution in [0.15, 0.2) is 16.6 Å². The summed E-state index contributed by atoms with van der Waals surface area (Å²) in [6.07, 6.45) is 3.50. The molecule has 1 aliphatic rings. The van der Waals surface area contributed by atoms with Gasteiger partial charge in [0.2, 0.25) is 0 Å². The van der Waals surface area contributed by atoms with E-state index in [-0.39, 0.29) is 12.5 Å². The second-order valence-electron chi connectivity index (χ2n) is 6.11. The Hall–Kier alpha value is -1.23. The molecule has 0 spiro atoms. The summed E-state index contributed by atoms with van der Waals surface area (Å²) in [7, 11) is 1.60. The highest BCUT2D eigenvalue weighted by molar-refractivity contribution is 9.10. The van der Waals surface area contributed by atoms with Crippen molar-refractivity contribution in [3.63, 3.8) is 0 Å². The average molecular weight is 357 g/mol. The van der Waals surface area contributed by atoms with Crippen LogP contribution in [0.4, 0.5) is 0 Å². The number of carboxylic acid groups (broad SMARTS) is 1. The topological polar surface area (TPSA) is 55.8 Å². The molecule has 1 aromatic carbocycles. The first kappa shape index (κ1) is 16.1. The molecule has 0 aliphatic heterocycles. The lowest BCUT2D eigenvalue weighted by atomic mass is 9.80. The van der Waals surface area contributed by atoms with Crippen LogP contribution >= 0.6 is 15.9 Å². The minimum Gasteiger partial charge on any atom is -0.493 e. The van der Waals surface area contributed by atoms with Crippen molar-refractivity contribution in [3.8, 4) is 11.5 Å². The molecule has 0 bridgehead atoms. The van der Waals surface area contributed by atoms with Gasteiger partial charge in [-0.3, -0.25) is 4.79 Å². The zero-order valence-electron chi connectivity index (χ0n) is 12.6. The number of aliphatic carboxylic acids is 1. The van der Waals surface area contributed by atoms with Crippen LogP contribution in [-0.2, 0) is 10.2 Å². The molecule has 0 saturated heterocycles. The van der Waals surface area contributed by atoms with Crippen LogP contribution < -0.4 is 9.47 Å². The van der Waals surface area contributed by atoms with Crippen LogP contribution in [0.5, 0.6) is 11.5 Å². The summed E-state index contributed by atoms with van der Waals surface area (Å²) < 4.78 is 12.4. The number of rotatable bonds is 6. The first-order valence-electron chi connectivity index (χ1n) is 7.10. The fourth-order valence-electron chi connectivity index (χ4n) is 2.47. The second kappa shape index (κ2) is 6.26. The van der Waals surface area contributed by atoms with Gasteiger partial charge in [-0.1, -0.05) is 29.8 Å². The van der Waals surface area contributed by atoms with Gasteiger partial charge in [0, 0.05) is 15.5 Å². The molecule has 116 valence electrons. The van der Waals surface area contributed by atoms with E-state index in [0.717, 1.165) is 22.9 Å². The van der Waals surface area contributed by atoms with Gasteiger partial charge < -0.3 is 14.6 Å². The Bertz CT molecular complexity index is 535. The molecule has 1 fully saturated rings. The van der Waals surface area contributed by atoms with Crippen LogP contribution in [0.25, 0.3) is 0 Å². The second-order valence-corrected chi connectivity index (χ2v) is 7.03. The van der Waals surface area contributed by atoms with Crippen LogP contribution in [0.2, 0.25) is 0 Å². The third kappa shape index (κ3) is 3.70. The molecule has 0 radical (unpaired) electrons. The van der Waals surface area contributed by atoms with E-state index in [4.69, 9.17) is 14.6 Å². The third-order valence-electron chi connectivity index (χ3n) is 3.90. The number of hydrogen-bond donors (Lipinski definition) is 1. The Balaban J connectivity index is 2.45. The lowest BCUT2D eigenvalue weighted by molar-refractivity contribution is -0.138. The fraction of sp³-hybridized carbons (Fsp3) is 0.562. The van der Waals surface area contributed by atoms with Crippen molar-refractivity contribution in [2.24, 2.45) is 0 Å². The first-order valence-corrected chi connectivity index (χ1v) is 7.89. The summed E-state index contributed by atoms with van der Waals surface area (Å²) in [6, 6.07) is 3.79. The highest BCUT2D eigenvalue weighted by atomic mass is 79.9. The predicted molar refractivity (Wildman–Crippen MR) is 84.2 cm³/mol. The monoisotopic (exact) mass is 356 g/mol. The van der Waals surface area contributed by atoms with Gasteiger partial charge in [0.05, 0.1) is 19.6 Å². The van der Waals surface area contributed by atoms with Gasteiger partial charge in [-0.2, -0.15) is 0 Å². The van der Waals surface area contributed by atoms with Gasteiger partial charge in [0.25, 0.3) is 0 Å². The zero-order valence-corrected chi connectivity index (χ0v) is 14.2. The van der Waals surface area contributed by atoms with E-state index < -0.39 is 11.4 Å². The quantitative estimate of drug-likeness (QED) is 0.831. The van der Waals surface area contributed by atoms with Crippen molar-refractivity contribution in [1.82, 2.24) is 0 Å². The molecular weight excluding hydrogens is 336 g/mol. The van der Waals surface area contributed by atoms with E-state index in [1.54, 1.807) is 7.11 Å². The number of carbonyl (C=O) groups is 1. The molecule has 4 nitrogen and oxygen atoms in total. The molecule has 1 aromatic rings. The standard InChI is InChI=1S/C16H21BrO4/c1-16(2,9-14(18)19)12-7-10(17)8-13(20-3)15(12)21-11-5-4-6-11/h7-8,11H,4-6,9H2,1-3H3,(H,18,19). The number of ether oxygens (including phenoxy) is 2. The minimum absolute atomic E-state index is 0.0354. The van der Waals surface area contributed by atoms with Gasteiger partial charge in [0.1, 0.15) is 0 Å². The average Bonchev–Trinajstić information content (AvgIpc) is 2.32. The summed E-state index contributed by atoms with van der Waals surface area (Å²) in [5, 5.41) is 9.15. The summed E-state index contributed by atoms with van der Waals surface area (Å²) >= 11 is 3.46. The molecule has 0 atom stereocenters. The summed E-state index contributed by atoms with van der Waals surface area (Å²) in [4.78, 5) is 11.1. The highest BCUT2D eigenvalue weighted by Gasteiger charge is 2.32. The van der Waals surface area contributed by atoms with Crippen molar-refractivity contribution >= 4 is 21.9 Å². The van der Waals surface area contributed by atoms with Crippen molar-refractivity contribution < 1.29 is 19.4 Å². The van der Waals surface area contributed by atoms with Crippen molar-refractivity contribution in [3.05, 3.63) is 22.2 Å². The lowest BCUT2D eigenvalue weighted by Crippen LogP contribution is -2.28. The Kier molecular flexibility index (Phi) is 4.81. The highest BCUT2D eigenvalue weighted by Crippen LogP contribution is 2.44. The van der Waals surface area contributed by atoms with Crippen molar-refractivity contribution in [1.29, 1.82) is 0 Å². The van der Waals surface area contributed by atoms with Crippen molar-refractivity contribution in [2.45, 2.75) is 51.0 Å². The van der Waals surface area contributed by atoms with Crippen LogP contribution in [0.3, 0.4) is 0 Å². The SMILES string of the molecule is COc1cc(Br)cc(C(C)(C)CC(=O)O)c1OC1CCC1. The normalized spacial score (nSPS) is 15.4. The smallest absolute Gasteiger partial charge is 0.304 e. The van der Waals surface area contributed by atoms with Crippen molar-refractivity contribution in [2.75, 3.05) is 7.11 Å². The maximum atomic E-state index is 11.1. The zero-order chi connectivity index (χ0) is 15.6. The molecular formula is C16H21BrO4. The van der Waals surface area contributed by atoms with E-state index in [0.29, 0.717) is 11.5 Å². The summed E-state index contributed by atoms with van der Waals surface area (Å²) in [5.41, 5.74) is 0.324. The minimum atomic E-state index is -0.825. The Labute approximate surface area is 133 Å².